The molecule has 1 fully saturated rings. The second-order valence-electron chi connectivity index (χ2n) is 15.6. The van der Waals surface area contributed by atoms with Crippen molar-refractivity contribution >= 4 is 11.9 Å². The molecular formula is C43H84N2O5. The van der Waals surface area contributed by atoms with Crippen molar-refractivity contribution in [1.29, 1.82) is 0 Å². The van der Waals surface area contributed by atoms with Crippen molar-refractivity contribution < 1.29 is 24.5 Å². The van der Waals surface area contributed by atoms with E-state index in [1.807, 2.05) is 0 Å². The van der Waals surface area contributed by atoms with Gasteiger partial charge in [0.25, 0.3) is 0 Å². The van der Waals surface area contributed by atoms with Gasteiger partial charge in [0.15, 0.2) is 0 Å². The van der Waals surface area contributed by atoms with Crippen LogP contribution in [0.2, 0.25) is 0 Å². The summed E-state index contributed by atoms with van der Waals surface area (Å²) in [5.41, 5.74) is 0. The van der Waals surface area contributed by atoms with Gasteiger partial charge >= 0.3 is 11.9 Å². The van der Waals surface area contributed by atoms with Crippen LogP contribution in [0.15, 0.2) is 0 Å². The van der Waals surface area contributed by atoms with Gasteiger partial charge in [-0.05, 0) is 64.5 Å². The zero-order valence-electron chi connectivity index (χ0n) is 33.3. The first-order valence-electron chi connectivity index (χ1n) is 22.0. The number of aliphatic carboxylic acids is 1. The first kappa shape index (κ1) is 46.8. The minimum Gasteiger partial charge on any atom is -0.481 e. The average molecular weight is 709 g/mol. The number of unbranched alkanes of at least 4 members (excludes halogenated alkanes) is 21. The topological polar surface area (TPSA) is 90.3 Å². The second-order valence-corrected chi connectivity index (χ2v) is 15.6. The van der Waals surface area contributed by atoms with E-state index in [2.05, 4.69) is 23.6 Å². The third-order valence-corrected chi connectivity index (χ3v) is 10.9. The molecular weight excluding hydrogens is 624 g/mol. The van der Waals surface area contributed by atoms with E-state index in [1.54, 1.807) is 0 Å². The monoisotopic (exact) mass is 709 g/mol. The molecule has 1 atom stereocenters. The smallest absolute Gasteiger partial charge is 0.305 e. The number of carboxylic acid groups (broad SMARTS) is 1. The van der Waals surface area contributed by atoms with Crippen molar-refractivity contribution in [3.05, 3.63) is 0 Å². The summed E-state index contributed by atoms with van der Waals surface area (Å²) in [6, 6.07) is 0.672. The summed E-state index contributed by atoms with van der Waals surface area (Å²) in [6.07, 6.45) is 35.5. The number of ether oxygens (including phenoxy) is 1. The van der Waals surface area contributed by atoms with Gasteiger partial charge in [0.2, 0.25) is 0 Å². The maximum absolute atomic E-state index is 12.2. The van der Waals surface area contributed by atoms with Gasteiger partial charge in [-0.25, -0.2) is 0 Å². The van der Waals surface area contributed by atoms with Crippen molar-refractivity contribution in [1.82, 2.24) is 9.80 Å². The molecule has 1 aliphatic carbocycles. The molecule has 2 N–H and O–H groups in total. The largest absolute Gasteiger partial charge is 0.481 e. The fourth-order valence-corrected chi connectivity index (χ4v) is 7.27. The maximum Gasteiger partial charge on any atom is 0.305 e. The van der Waals surface area contributed by atoms with Gasteiger partial charge in [0, 0.05) is 38.5 Å². The molecule has 1 rings (SSSR count). The first-order valence-corrected chi connectivity index (χ1v) is 22.0. The van der Waals surface area contributed by atoms with E-state index >= 15 is 0 Å². The summed E-state index contributed by atoms with van der Waals surface area (Å²) in [6.45, 7) is 9.80. The molecule has 0 aromatic carbocycles. The Labute approximate surface area is 310 Å². The van der Waals surface area contributed by atoms with Gasteiger partial charge in [-0.3, -0.25) is 19.4 Å². The third kappa shape index (κ3) is 29.4. The van der Waals surface area contributed by atoms with Crippen LogP contribution in [0.1, 0.15) is 213 Å². The number of hydrogen-bond acceptors (Lipinski definition) is 6. The summed E-state index contributed by atoms with van der Waals surface area (Å²) >= 11 is 0. The molecule has 7 nitrogen and oxygen atoms in total. The Kier molecular flexibility index (Phi) is 32.7. The highest BCUT2D eigenvalue weighted by molar-refractivity contribution is 5.69. The van der Waals surface area contributed by atoms with Crippen molar-refractivity contribution in [3.8, 4) is 0 Å². The van der Waals surface area contributed by atoms with Crippen LogP contribution < -0.4 is 0 Å². The second kappa shape index (κ2) is 34.9. The Bertz CT molecular complexity index is 762. The van der Waals surface area contributed by atoms with Crippen LogP contribution in [0, 0.1) is 0 Å². The van der Waals surface area contributed by atoms with Crippen LogP contribution in [0.5, 0.6) is 0 Å². The molecule has 296 valence electrons. The molecule has 0 heterocycles. The first-order chi connectivity index (χ1) is 24.5. The fourth-order valence-electron chi connectivity index (χ4n) is 7.27. The minimum absolute atomic E-state index is 0.0317. The van der Waals surface area contributed by atoms with Crippen LogP contribution >= 0.6 is 0 Å². The molecule has 0 bridgehead atoms. The Morgan fingerprint density at radius 2 is 1.10 bits per heavy atom. The lowest BCUT2D eigenvalue weighted by Gasteiger charge is -2.39. The molecule has 1 unspecified atom stereocenters. The Hall–Kier alpha value is -1.18. The van der Waals surface area contributed by atoms with Gasteiger partial charge in [-0.15, -0.1) is 0 Å². The number of hydrogen-bond donors (Lipinski definition) is 2. The number of carboxylic acids is 1. The number of rotatable bonds is 39. The minimum atomic E-state index is -0.712. The van der Waals surface area contributed by atoms with Crippen LogP contribution in [-0.4, -0.2) is 83.4 Å². The summed E-state index contributed by atoms with van der Waals surface area (Å²) in [7, 11) is 0. The van der Waals surface area contributed by atoms with Gasteiger partial charge in [0.05, 0.1) is 12.7 Å². The maximum atomic E-state index is 12.2. The zero-order valence-corrected chi connectivity index (χ0v) is 33.3. The molecule has 0 aromatic heterocycles. The molecule has 7 heteroatoms. The Balaban J connectivity index is 2.31. The lowest BCUT2D eigenvalue weighted by molar-refractivity contribution is -0.144. The van der Waals surface area contributed by atoms with Crippen LogP contribution in [0.25, 0.3) is 0 Å². The number of nitrogens with zero attached hydrogens (tertiary/aromatic N) is 2. The molecule has 0 aliphatic heterocycles. The predicted octanol–water partition coefficient (Wildman–Crippen LogP) is 11.1. The molecule has 50 heavy (non-hydrogen) atoms. The molecule has 0 radical (unpaired) electrons. The Morgan fingerprint density at radius 1 is 0.600 bits per heavy atom. The average Bonchev–Trinajstić information content (AvgIpc) is 3.07. The summed E-state index contributed by atoms with van der Waals surface area (Å²) in [5, 5.41) is 20.0. The third-order valence-electron chi connectivity index (χ3n) is 10.9. The van der Waals surface area contributed by atoms with Gasteiger partial charge in [-0.1, -0.05) is 149 Å². The number of carbonyl (C=O) groups excluding carboxylic acids is 1. The summed E-state index contributed by atoms with van der Waals surface area (Å²) < 4.78 is 5.51. The molecule has 0 aromatic rings. The lowest BCUT2D eigenvalue weighted by atomic mass is 9.91. The van der Waals surface area contributed by atoms with Crippen molar-refractivity contribution in [2.45, 2.75) is 225 Å². The summed E-state index contributed by atoms with van der Waals surface area (Å²) in [4.78, 5) is 28.3. The van der Waals surface area contributed by atoms with Gasteiger partial charge < -0.3 is 14.9 Å². The molecule has 1 saturated carbocycles. The predicted molar refractivity (Wildman–Crippen MR) is 211 cm³/mol. The fraction of sp³-hybridized carbons (Fsp3) is 0.953. The lowest BCUT2D eigenvalue weighted by Crippen LogP contribution is -2.46. The van der Waals surface area contributed by atoms with Gasteiger partial charge in [-0.2, -0.15) is 0 Å². The van der Waals surface area contributed by atoms with E-state index in [1.165, 1.54) is 128 Å². The van der Waals surface area contributed by atoms with Crippen LogP contribution in [0.3, 0.4) is 0 Å². The molecule has 0 spiro atoms. The van der Waals surface area contributed by atoms with E-state index in [-0.39, 0.29) is 18.5 Å². The van der Waals surface area contributed by atoms with Crippen molar-refractivity contribution in [2.75, 3.05) is 39.3 Å². The van der Waals surface area contributed by atoms with E-state index in [0.717, 1.165) is 90.5 Å². The van der Waals surface area contributed by atoms with E-state index in [0.29, 0.717) is 19.1 Å². The highest BCUT2D eigenvalue weighted by Crippen LogP contribution is 2.25. The number of esters is 1. The Morgan fingerprint density at radius 3 is 1.64 bits per heavy atom. The molecule has 0 amide bonds. The van der Waals surface area contributed by atoms with Crippen molar-refractivity contribution in [3.63, 3.8) is 0 Å². The van der Waals surface area contributed by atoms with E-state index in [9.17, 15) is 14.7 Å². The standard InChI is InChI=1S/C43H84N2O5/c1-3-5-7-9-11-13-14-16-18-22-31-41(46)39-44(34-25-20-23-32-42(47)48)36-37-45(40-29-28-30-40)35-26-21-24-33-43(49)50-38-27-19-17-15-12-10-8-6-4-2/h40-41,46H,3-39H2,1-2H3,(H,47,48). The normalized spacial score (nSPS) is 14.0. The SMILES string of the molecule is CCCCCCCCCCCCC(O)CN(CCCCCC(=O)O)CCN(CCCCCC(=O)OCCCCCCCCCCC)C1CCC1. The summed E-state index contributed by atoms with van der Waals surface area (Å²) in [5.74, 6) is -0.744. The number of carbonyl (C=O) groups is 2. The quantitative estimate of drug-likeness (QED) is 0.0485. The van der Waals surface area contributed by atoms with E-state index < -0.39 is 5.97 Å². The number of aliphatic hydroxyl groups is 1. The molecule has 0 saturated heterocycles. The van der Waals surface area contributed by atoms with Crippen LogP contribution in [0.4, 0.5) is 0 Å². The highest BCUT2D eigenvalue weighted by Gasteiger charge is 2.25. The molecule has 1 aliphatic rings. The van der Waals surface area contributed by atoms with Gasteiger partial charge in [0.1, 0.15) is 0 Å². The zero-order chi connectivity index (χ0) is 36.3. The number of aliphatic hydroxyl groups excluding tert-OH is 1. The van der Waals surface area contributed by atoms with Crippen LogP contribution in [-0.2, 0) is 14.3 Å². The van der Waals surface area contributed by atoms with E-state index in [4.69, 9.17) is 9.84 Å². The van der Waals surface area contributed by atoms with Crippen molar-refractivity contribution in [2.24, 2.45) is 0 Å². The highest BCUT2D eigenvalue weighted by atomic mass is 16.5.